The van der Waals surface area contributed by atoms with E-state index in [1.807, 2.05) is 18.2 Å². The number of para-hydroxylation sites is 4. The Bertz CT molecular complexity index is 4230. The van der Waals surface area contributed by atoms with Crippen LogP contribution in [0.5, 0.6) is 0 Å². The van der Waals surface area contributed by atoms with Crippen molar-refractivity contribution in [2.45, 2.75) is 0 Å². The van der Waals surface area contributed by atoms with Crippen LogP contribution in [0, 0.1) is 0 Å². The van der Waals surface area contributed by atoms with Crippen LogP contribution in [-0.4, -0.2) is 19.1 Å². The molecule has 0 aliphatic carbocycles. The van der Waals surface area contributed by atoms with Crippen LogP contribution in [0.4, 0.5) is 0 Å². The monoisotopic (exact) mass is 802 g/mol. The van der Waals surface area contributed by atoms with Crippen molar-refractivity contribution >= 4 is 98.0 Å². The molecule has 0 fully saturated rings. The second-order valence-electron chi connectivity index (χ2n) is 16.5. The fourth-order valence-electron chi connectivity index (χ4n) is 10.3. The van der Waals surface area contributed by atoms with Gasteiger partial charge < -0.3 is 13.6 Å². The van der Waals surface area contributed by atoms with Crippen molar-refractivity contribution in [3.8, 4) is 34.0 Å². The largest absolute Gasteiger partial charge is 0.456 e. The van der Waals surface area contributed by atoms with Crippen molar-refractivity contribution in [2.75, 3.05) is 0 Å². The lowest BCUT2D eigenvalue weighted by Crippen LogP contribution is -1.99. The number of rotatable bonds is 4. The molecule has 14 aromatic rings. The van der Waals surface area contributed by atoms with Gasteiger partial charge in [-0.15, -0.1) is 0 Å². The smallest absolute Gasteiger partial charge is 0.160 e. The summed E-state index contributed by atoms with van der Waals surface area (Å²) in [5.74, 6) is 0.673. The van der Waals surface area contributed by atoms with E-state index >= 15 is 0 Å². The third-order valence-electron chi connectivity index (χ3n) is 13.1. The van der Waals surface area contributed by atoms with Gasteiger partial charge in [0.25, 0.3) is 0 Å². The van der Waals surface area contributed by atoms with E-state index in [1.54, 1.807) is 0 Å². The van der Waals surface area contributed by atoms with Gasteiger partial charge in [-0.25, -0.2) is 9.97 Å². The van der Waals surface area contributed by atoms with Gasteiger partial charge >= 0.3 is 0 Å². The Balaban J connectivity index is 1.02. The molecule has 0 amide bonds. The summed E-state index contributed by atoms with van der Waals surface area (Å²) in [7, 11) is 0. The molecule has 0 aliphatic rings. The van der Waals surface area contributed by atoms with Gasteiger partial charge in [0.15, 0.2) is 5.82 Å². The van der Waals surface area contributed by atoms with E-state index in [0.717, 1.165) is 66.4 Å². The highest BCUT2D eigenvalue weighted by Gasteiger charge is 2.23. The first kappa shape index (κ1) is 34.2. The van der Waals surface area contributed by atoms with Crippen molar-refractivity contribution < 1.29 is 4.42 Å². The first-order valence-corrected chi connectivity index (χ1v) is 21.4. The molecular weight excluding hydrogens is 769 g/mol. The summed E-state index contributed by atoms with van der Waals surface area (Å²) in [4.78, 5) is 10.6. The van der Waals surface area contributed by atoms with Crippen molar-refractivity contribution in [1.82, 2.24) is 19.1 Å². The fraction of sp³-hybridized carbons (Fsp3) is 0. The zero-order valence-corrected chi connectivity index (χ0v) is 33.8. The second kappa shape index (κ2) is 13.0. The second-order valence-corrected chi connectivity index (χ2v) is 16.5. The molecule has 4 aromatic heterocycles. The first-order chi connectivity index (χ1) is 31.2. The average molecular weight is 803 g/mol. The third-order valence-corrected chi connectivity index (χ3v) is 13.1. The molecule has 0 atom stereocenters. The zero-order valence-electron chi connectivity index (χ0n) is 33.8. The van der Waals surface area contributed by atoms with E-state index in [-0.39, 0.29) is 0 Å². The Labute approximate surface area is 360 Å². The number of nitrogens with zero attached hydrogens (tertiary/aromatic N) is 4. The molecule has 5 nitrogen and oxygen atoms in total. The lowest BCUT2D eigenvalue weighted by atomic mass is 10.0. The van der Waals surface area contributed by atoms with Crippen LogP contribution < -0.4 is 0 Å². The molecule has 14 rings (SSSR count). The maximum Gasteiger partial charge on any atom is 0.160 e. The van der Waals surface area contributed by atoms with Crippen LogP contribution in [0.25, 0.3) is 132 Å². The Hall–Kier alpha value is -8.54. The van der Waals surface area contributed by atoms with E-state index in [4.69, 9.17) is 14.4 Å². The number of aromatic nitrogens is 4. The maximum absolute atomic E-state index is 6.20. The van der Waals surface area contributed by atoms with Gasteiger partial charge in [-0.3, -0.25) is 0 Å². The normalized spacial score (nSPS) is 12.1. The highest BCUT2D eigenvalue weighted by molar-refractivity contribution is 6.25. The standard InChI is InChI=1S/C58H34N4O/c1-3-18-40-35(14-1)28-30-50-54(40)44-22-6-11-26-49(44)62(50)57-41-19-4-2-15-36(41)34-51-55(57)45-23-7-10-25-48(45)61(51)39-17-13-16-38(32-39)58-59-47-24-9-5-21-43(47)56(60-58)37-29-31-53-46(33-37)42-20-8-12-27-52(42)63-53/h1-34H. The van der Waals surface area contributed by atoms with Gasteiger partial charge in [0.05, 0.1) is 39.0 Å². The number of furan rings is 1. The molecule has 4 heterocycles. The molecule has 292 valence electrons. The molecule has 0 aliphatic heterocycles. The first-order valence-electron chi connectivity index (χ1n) is 21.4. The van der Waals surface area contributed by atoms with Gasteiger partial charge in [0.2, 0.25) is 0 Å². The van der Waals surface area contributed by atoms with Crippen molar-refractivity contribution in [3.63, 3.8) is 0 Å². The summed E-state index contributed by atoms with van der Waals surface area (Å²) in [5.41, 5.74) is 12.3. The topological polar surface area (TPSA) is 48.8 Å². The van der Waals surface area contributed by atoms with Crippen LogP contribution in [0.3, 0.4) is 0 Å². The molecule has 0 saturated carbocycles. The molecule has 10 aromatic carbocycles. The SMILES string of the molecule is c1cc(-c2nc(-c3ccc4oc5ccccc5c4c3)c3ccccc3n2)cc(-n2c3ccccc3c3c(-n4c5ccccc5c5c6ccccc6ccc54)c4ccccc4cc32)c1. The summed E-state index contributed by atoms with van der Waals surface area (Å²) in [6, 6.07) is 73.8. The molecule has 0 N–H and O–H groups in total. The van der Waals surface area contributed by atoms with E-state index in [1.165, 1.54) is 59.8 Å². The lowest BCUT2D eigenvalue weighted by molar-refractivity contribution is 0.669. The van der Waals surface area contributed by atoms with Crippen LogP contribution >= 0.6 is 0 Å². The molecule has 63 heavy (non-hydrogen) atoms. The summed E-state index contributed by atoms with van der Waals surface area (Å²) in [6.45, 7) is 0. The Morgan fingerprint density at radius 3 is 1.87 bits per heavy atom. The van der Waals surface area contributed by atoms with Gasteiger partial charge in [-0.05, 0) is 82.9 Å². The highest BCUT2D eigenvalue weighted by Crippen LogP contribution is 2.45. The minimum Gasteiger partial charge on any atom is -0.456 e. The van der Waals surface area contributed by atoms with Gasteiger partial charge in [-0.2, -0.15) is 0 Å². The molecule has 0 radical (unpaired) electrons. The van der Waals surface area contributed by atoms with E-state index < -0.39 is 0 Å². The van der Waals surface area contributed by atoms with E-state index in [0.29, 0.717) is 5.82 Å². The van der Waals surface area contributed by atoms with Crippen molar-refractivity contribution in [3.05, 3.63) is 206 Å². The predicted octanol–water partition coefficient (Wildman–Crippen LogP) is 15.4. The summed E-state index contributed by atoms with van der Waals surface area (Å²) < 4.78 is 11.1. The number of fused-ring (bicyclic) bond motifs is 13. The quantitative estimate of drug-likeness (QED) is 0.178. The van der Waals surface area contributed by atoms with Crippen LogP contribution in [-0.2, 0) is 0 Å². The Morgan fingerprint density at radius 1 is 0.349 bits per heavy atom. The minimum absolute atomic E-state index is 0.673. The fourth-order valence-corrected chi connectivity index (χ4v) is 10.3. The Kier molecular flexibility index (Phi) is 7.05. The van der Waals surface area contributed by atoms with Crippen LogP contribution in [0.2, 0.25) is 0 Å². The average Bonchev–Trinajstić information content (AvgIpc) is 4.00. The molecule has 0 bridgehead atoms. The lowest BCUT2D eigenvalue weighted by Gasteiger charge is -2.16. The molecule has 0 spiro atoms. The van der Waals surface area contributed by atoms with Gasteiger partial charge in [0, 0.05) is 59.9 Å². The van der Waals surface area contributed by atoms with E-state index in [2.05, 4.69) is 197 Å². The molecular formula is C58H34N4O. The number of hydrogen-bond donors (Lipinski definition) is 0. The van der Waals surface area contributed by atoms with Gasteiger partial charge in [-0.1, -0.05) is 140 Å². The molecule has 5 heteroatoms. The zero-order chi connectivity index (χ0) is 41.2. The summed E-state index contributed by atoms with van der Waals surface area (Å²) >= 11 is 0. The predicted molar refractivity (Wildman–Crippen MR) is 261 cm³/mol. The maximum atomic E-state index is 6.20. The summed E-state index contributed by atoms with van der Waals surface area (Å²) in [6.07, 6.45) is 0. The minimum atomic E-state index is 0.673. The van der Waals surface area contributed by atoms with Crippen molar-refractivity contribution in [1.29, 1.82) is 0 Å². The van der Waals surface area contributed by atoms with E-state index in [9.17, 15) is 0 Å². The third kappa shape index (κ3) is 4.93. The number of benzene rings is 10. The van der Waals surface area contributed by atoms with Crippen LogP contribution in [0.1, 0.15) is 0 Å². The van der Waals surface area contributed by atoms with Crippen LogP contribution in [0.15, 0.2) is 211 Å². The molecule has 0 saturated heterocycles. The molecule has 0 unspecified atom stereocenters. The van der Waals surface area contributed by atoms with Crippen molar-refractivity contribution in [2.24, 2.45) is 0 Å². The van der Waals surface area contributed by atoms with Gasteiger partial charge in [0.1, 0.15) is 11.2 Å². The number of hydrogen-bond acceptors (Lipinski definition) is 3. The Morgan fingerprint density at radius 2 is 1.02 bits per heavy atom. The highest BCUT2D eigenvalue weighted by atomic mass is 16.3. The summed E-state index contributed by atoms with van der Waals surface area (Å²) in [5, 5.41) is 13.0.